The lowest BCUT2D eigenvalue weighted by Gasteiger charge is -2.30. The minimum atomic E-state index is 0. The number of hydrogen-bond acceptors (Lipinski definition) is 2. The normalized spacial score (nSPS) is 18.8. The second-order valence-corrected chi connectivity index (χ2v) is 5.17. The van der Waals surface area contributed by atoms with Crippen LogP contribution in [0.1, 0.15) is 30.4 Å². The molecule has 0 saturated carbocycles. The number of rotatable bonds is 3. The molecular formula is C15H23ClN2O. The smallest absolute Gasteiger partial charge is 0.222 e. The summed E-state index contributed by atoms with van der Waals surface area (Å²) < 4.78 is 0. The van der Waals surface area contributed by atoms with Crippen molar-refractivity contribution in [3.63, 3.8) is 0 Å². The zero-order chi connectivity index (χ0) is 13.0. The predicted molar refractivity (Wildman–Crippen MR) is 80.5 cm³/mol. The van der Waals surface area contributed by atoms with Crippen molar-refractivity contribution in [1.82, 2.24) is 4.90 Å². The SMILES string of the molecule is Cc1ccccc1CCC(=O)N1CCCC(N)C1.Cl. The number of carbonyl (C=O) groups excluding carboxylic acids is 1. The fourth-order valence-electron chi connectivity index (χ4n) is 2.53. The van der Waals surface area contributed by atoms with Crippen molar-refractivity contribution in [3.05, 3.63) is 35.4 Å². The van der Waals surface area contributed by atoms with Crippen LogP contribution >= 0.6 is 12.4 Å². The van der Waals surface area contributed by atoms with E-state index in [0.29, 0.717) is 6.42 Å². The minimum absolute atomic E-state index is 0. The summed E-state index contributed by atoms with van der Waals surface area (Å²) in [5.74, 6) is 0.244. The molecule has 2 rings (SSSR count). The molecule has 0 aromatic heterocycles. The highest BCUT2D eigenvalue weighted by atomic mass is 35.5. The molecule has 1 aromatic rings. The van der Waals surface area contributed by atoms with E-state index in [-0.39, 0.29) is 24.4 Å². The summed E-state index contributed by atoms with van der Waals surface area (Å²) >= 11 is 0. The van der Waals surface area contributed by atoms with Gasteiger partial charge >= 0.3 is 0 Å². The number of halogens is 1. The van der Waals surface area contributed by atoms with Crippen LogP contribution in [0, 0.1) is 6.92 Å². The van der Waals surface area contributed by atoms with E-state index in [1.807, 2.05) is 17.0 Å². The van der Waals surface area contributed by atoms with Crippen LogP contribution in [0.25, 0.3) is 0 Å². The van der Waals surface area contributed by atoms with E-state index in [1.165, 1.54) is 11.1 Å². The summed E-state index contributed by atoms with van der Waals surface area (Å²) in [6, 6.07) is 8.43. The molecule has 106 valence electrons. The van der Waals surface area contributed by atoms with Crippen LogP contribution in [0.4, 0.5) is 0 Å². The molecule has 0 aliphatic carbocycles. The first kappa shape index (κ1) is 16.0. The van der Waals surface area contributed by atoms with E-state index >= 15 is 0 Å². The lowest BCUT2D eigenvalue weighted by molar-refractivity contribution is -0.132. The zero-order valence-corrected chi connectivity index (χ0v) is 12.3. The zero-order valence-electron chi connectivity index (χ0n) is 11.5. The van der Waals surface area contributed by atoms with Crippen LogP contribution in [-0.4, -0.2) is 29.9 Å². The second-order valence-electron chi connectivity index (χ2n) is 5.17. The molecular weight excluding hydrogens is 260 g/mol. The maximum atomic E-state index is 12.1. The van der Waals surface area contributed by atoms with Crippen LogP contribution in [0.15, 0.2) is 24.3 Å². The van der Waals surface area contributed by atoms with Gasteiger partial charge in [0.05, 0.1) is 0 Å². The molecule has 2 N–H and O–H groups in total. The van der Waals surface area contributed by atoms with Crippen molar-refractivity contribution in [3.8, 4) is 0 Å². The Kier molecular flexibility index (Phi) is 6.32. The standard InChI is InChI=1S/C15H22N2O.ClH/c1-12-5-2-3-6-13(12)8-9-15(18)17-10-4-7-14(16)11-17;/h2-3,5-6,14H,4,7-11,16H2,1H3;1H. The third-order valence-electron chi connectivity index (χ3n) is 3.68. The van der Waals surface area contributed by atoms with Crippen LogP contribution in [-0.2, 0) is 11.2 Å². The van der Waals surface area contributed by atoms with Gasteiger partial charge in [-0.15, -0.1) is 12.4 Å². The molecule has 1 atom stereocenters. The lowest BCUT2D eigenvalue weighted by Crippen LogP contribution is -2.45. The van der Waals surface area contributed by atoms with E-state index in [4.69, 9.17) is 5.73 Å². The van der Waals surface area contributed by atoms with Crippen LogP contribution in [0.5, 0.6) is 0 Å². The van der Waals surface area contributed by atoms with Crippen LogP contribution in [0.3, 0.4) is 0 Å². The van der Waals surface area contributed by atoms with Crippen molar-refractivity contribution < 1.29 is 4.79 Å². The molecule has 0 bridgehead atoms. The summed E-state index contributed by atoms with van der Waals surface area (Å²) in [4.78, 5) is 14.0. The number of nitrogens with zero attached hydrogens (tertiary/aromatic N) is 1. The maximum Gasteiger partial charge on any atom is 0.222 e. The number of nitrogens with two attached hydrogens (primary N) is 1. The van der Waals surface area contributed by atoms with Gasteiger partial charge in [-0.1, -0.05) is 24.3 Å². The average molecular weight is 283 g/mol. The molecule has 1 aliphatic heterocycles. The summed E-state index contributed by atoms with van der Waals surface area (Å²) in [7, 11) is 0. The molecule has 1 amide bonds. The number of amides is 1. The Morgan fingerprint density at radius 2 is 2.16 bits per heavy atom. The predicted octanol–water partition coefficient (Wildman–Crippen LogP) is 2.30. The Balaban J connectivity index is 0.00000180. The highest BCUT2D eigenvalue weighted by Gasteiger charge is 2.20. The van der Waals surface area contributed by atoms with E-state index < -0.39 is 0 Å². The van der Waals surface area contributed by atoms with Gasteiger partial charge < -0.3 is 10.6 Å². The molecule has 1 fully saturated rings. The molecule has 1 aromatic carbocycles. The summed E-state index contributed by atoms with van der Waals surface area (Å²) in [6.07, 6.45) is 3.51. The summed E-state index contributed by atoms with van der Waals surface area (Å²) in [5.41, 5.74) is 8.44. The van der Waals surface area contributed by atoms with Crippen molar-refractivity contribution in [2.75, 3.05) is 13.1 Å². The molecule has 0 radical (unpaired) electrons. The van der Waals surface area contributed by atoms with Gasteiger partial charge in [-0.2, -0.15) is 0 Å². The van der Waals surface area contributed by atoms with Gasteiger partial charge in [-0.3, -0.25) is 4.79 Å². The first-order chi connectivity index (χ1) is 8.66. The molecule has 4 heteroatoms. The Labute approximate surface area is 121 Å². The third-order valence-corrected chi connectivity index (χ3v) is 3.68. The third kappa shape index (κ3) is 4.51. The van der Waals surface area contributed by atoms with E-state index in [1.54, 1.807) is 0 Å². The maximum absolute atomic E-state index is 12.1. The topological polar surface area (TPSA) is 46.3 Å². The van der Waals surface area contributed by atoms with E-state index in [9.17, 15) is 4.79 Å². The van der Waals surface area contributed by atoms with Gasteiger partial charge in [0.1, 0.15) is 0 Å². The number of likely N-dealkylation sites (tertiary alicyclic amines) is 1. The van der Waals surface area contributed by atoms with Gasteiger partial charge in [-0.25, -0.2) is 0 Å². The molecule has 3 nitrogen and oxygen atoms in total. The Morgan fingerprint density at radius 1 is 1.42 bits per heavy atom. The molecule has 1 heterocycles. The number of hydrogen-bond donors (Lipinski definition) is 1. The lowest BCUT2D eigenvalue weighted by atomic mass is 10.0. The monoisotopic (exact) mass is 282 g/mol. The highest BCUT2D eigenvalue weighted by molar-refractivity contribution is 5.85. The van der Waals surface area contributed by atoms with Crippen molar-refractivity contribution in [2.45, 2.75) is 38.6 Å². The summed E-state index contributed by atoms with van der Waals surface area (Å²) in [6.45, 7) is 3.70. The van der Waals surface area contributed by atoms with Crippen molar-refractivity contribution in [2.24, 2.45) is 5.73 Å². The minimum Gasteiger partial charge on any atom is -0.341 e. The van der Waals surface area contributed by atoms with Gasteiger partial charge in [-0.05, 0) is 37.3 Å². The van der Waals surface area contributed by atoms with Crippen LogP contribution in [0.2, 0.25) is 0 Å². The second kappa shape index (κ2) is 7.51. The molecule has 1 saturated heterocycles. The van der Waals surface area contributed by atoms with Gasteiger partial charge in [0.15, 0.2) is 0 Å². The van der Waals surface area contributed by atoms with Crippen molar-refractivity contribution >= 4 is 18.3 Å². The average Bonchev–Trinajstić information content (AvgIpc) is 2.37. The van der Waals surface area contributed by atoms with Gasteiger partial charge in [0.2, 0.25) is 5.91 Å². The van der Waals surface area contributed by atoms with Gasteiger partial charge in [0.25, 0.3) is 0 Å². The van der Waals surface area contributed by atoms with E-state index in [2.05, 4.69) is 19.1 Å². The molecule has 1 unspecified atom stereocenters. The first-order valence-corrected chi connectivity index (χ1v) is 6.74. The fourth-order valence-corrected chi connectivity index (χ4v) is 2.53. The molecule has 19 heavy (non-hydrogen) atoms. The van der Waals surface area contributed by atoms with Gasteiger partial charge in [0, 0.05) is 25.6 Å². The van der Waals surface area contributed by atoms with E-state index in [0.717, 1.165) is 32.4 Å². The largest absolute Gasteiger partial charge is 0.341 e. The van der Waals surface area contributed by atoms with Crippen molar-refractivity contribution in [1.29, 1.82) is 0 Å². The Bertz CT molecular complexity index is 422. The molecule has 1 aliphatic rings. The highest BCUT2D eigenvalue weighted by Crippen LogP contribution is 2.13. The summed E-state index contributed by atoms with van der Waals surface area (Å²) in [5, 5.41) is 0. The number of benzene rings is 1. The quantitative estimate of drug-likeness (QED) is 0.925. The Hall–Kier alpha value is -1.06. The Morgan fingerprint density at radius 3 is 2.84 bits per heavy atom. The fraction of sp³-hybridized carbons (Fsp3) is 0.533. The first-order valence-electron chi connectivity index (χ1n) is 6.74. The number of aryl methyl sites for hydroxylation is 2. The molecule has 0 spiro atoms. The van der Waals surface area contributed by atoms with Crippen LogP contribution < -0.4 is 5.73 Å². The number of carbonyl (C=O) groups is 1. The number of piperidine rings is 1.